The van der Waals surface area contributed by atoms with Gasteiger partial charge in [0.15, 0.2) is 0 Å². The van der Waals surface area contributed by atoms with Crippen LogP contribution in [0.4, 0.5) is 0 Å². The second-order valence-electron chi connectivity index (χ2n) is 8.49. The van der Waals surface area contributed by atoms with Crippen LogP contribution >= 0.6 is 0 Å². The van der Waals surface area contributed by atoms with E-state index in [4.69, 9.17) is 4.74 Å². The van der Waals surface area contributed by atoms with E-state index in [1.54, 1.807) is 31.4 Å². The van der Waals surface area contributed by atoms with Gasteiger partial charge in [-0.25, -0.2) is 0 Å². The number of benzene rings is 3. The van der Waals surface area contributed by atoms with E-state index >= 15 is 0 Å². The molecule has 6 heteroatoms. The fourth-order valence-electron chi connectivity index (χ4n) is 4.95. The Kier molecular flexibility index (Phi) is 5.72. The average Bonchev–Trinajstić information content (AvgIpc) is 3.14. The first-order valence-corrected chi connectivity index (χ1v) is 11.2. The van der Waals surface area contributed by atoms with E-state index in [0.29, 0.717) is 11.3 Å². The van der Waals surface area contributed by atoms with Crippen molar-refractivity contribution in [2.75, 3.05) is 7.11 Å². The predicted molar refractivity (Wildman–Crippen MR) is 127 cm³/mol. The molecule has 4 atom stereocenters. The summed E-state index contributed by atoms with van der Waals surface area (Å²) in [5, 5.41) is 0.917. The van der Waals surface area contributed by atoms with Gasteiger partial charge in [0.25, 0.3) is 17.7 Å². The van der Waals surface area contributed by atoms with Gasteiger partial charge in [0.1, 0.15) is 5.75 Å². The number of ether oxygens (including phenoxy) is 1. The minimum Gasteiger partial charge on any atom is -0.497 e. The quantitative estimate of drug-likeness (QED) is 0.468. The lowest BCUT2D eigenvalue weighted by molar-refractivity contribution is -0.142. The van der Waals surface area contributed by atoms with Crippen LogP contribution in [0.1, 0.15) is 33.3 Å². The summed E-state index contributed by atoms with van der Waals surface area (Å²) >= 11 is 0. The molecule has 0 radical (unpaired) electrons. The Morgan fingerprint density at radius 3 is 1.65 bits per heavy atom. The molecule has 6 nitrogen and oxygen atoms in total. The van der Waals surface area contributed by atoms with Crippen LogP contribution in [0, 0.1) is 11.8 Å². The highest BCUT2D eigenvalue weighted by molar-refractivity contribution is 6.09. The molecule has 1 aliphatic heterocycles. The molecule has 34 heavy (non-hydrogen) atoms. The van der Waals surface area contributed by atoms with Crippen molar-refractivity contribution in [2.24, 2.45) is 11.8 Å². The SMILES string of the molecule is COc1ccc(C(=O)NN2C(=O)[C@@H]3[C@H](C2=O)[C@H](c2ccccc2)C=C[C@H]3c2ccccc2)cc1. The Balaban J connectivity index is 1.49. The van der Waals surface area contributed by atoms with Crippen LogP contribution in [-0.4, -0.2) is 29.8 Å². The second-order valence-corrected chi connectivity index (χ2v) is 8.49. The number of methoxy groups -OCH3 is 1. The summed E-state index contributed by atoms with van der Waals surface area (Å²) < 4.78 is 5.13. The topological polar surface area (TPSA) is 75.7 Å². The van der Waals surface area contributed by atoms with E-state index in [1.165, 1.54) is 0 Å². The minimum absolute atomic E-state index is 0.259. The molecule has 1 N–H and O–H groups in total. The van der Waals surface area contributed by atoms with Gasteiger partial charge >= 0.3 is 0 Å². The molecule has 170 valence electrons. The zero-order chi connectivity index (χ0) is 23.7. The summed E-state index contributed by atoms with van der Waals surface area (Å²) in [5.74, 6) is -2.44. The predicted octanol–water partition coefficient (Wildman–Crippen LogP) is 4.08. The van der Waals surface area contributed by atoms with E-state index in [2.05, 4.69) is 5.43 Å². The molecule has 3 aromatic carbocycles. The first-order chi connectivity index (χ1) is 16.6. The fourth-order valence-corrected chi connectivity index (χ4v) is 4.95. The first kappa shape index (κ1) is 21.6. The van der Waals surface area contributed by atoms with Crippen molar-refractivity contribution in [1.29, 1.82) is 0 Å². The highest BCUT2D eigenvalue weighted by Gasteiger charge is 2.55. The molecule has 0 aromatic heterocycles. The molecule has 3 amide bonds. The van der Waals surface area contributed by atoms with Gasteiger partial charge in [-0.2, -0.15) is 5.01 Å². The molecule has 0 saturated carbocycles. The number of hydrogen-bond acceptors (Lipinski definition) is 4. The zero-order valence-electron chi connectivity index (χ0n) is 18.6. The normalized spacial score (nSPS) is 23.5. The number of rotatable bonds is 5. The zero-order valence-corrected chi connectivity index (χ0v) is 18.6. The van der Waals surface area contributed by atoms with Gasteiger partial charge in [-0.15, -0.1) is 0 Å². The summed E-state index contributed by atoms with van der Waals surface area (Å²) in [7, 11) is 1.54. The molecule has 5 rings (SSSR count). The molecule has 0 bridgehead atoms. The number of imide groups is 1. The molecule has 0 spiro atoms. The summed E-state index contributed by atoms with van der Waals surface area (Å²) in [6.45, 7) is 0. The highest BCUT2D eigenvalue weighted by atomic mass is 16.5. The lowest BCUT2D eigenvalue weighted by atomic mass is 9.68. The number of carbonyl (C=O) groups excluding carboxylic acids is 3. The number of hydrazine groups is 1. The number of nitrogens with zero attached hydrogens (tertiary/aromatic N) is 1. The van der Waals surface area contributed by atoms with E-state index in [9.17, 15) is 14.4 Å². The molecule has 1 saturated heterocycles. The molecule has 1 heterocycles. The third-order valence-electron chi connectivity index (χ3n) is 6.63. The summed E-state index contributed by atoms with van der Waals surface area (Å²) in [6.07, 6.45) is 4.04. The fraction of sp³-hybridized carbons (Fsp3) is 0.179. The van der Waals surface area contributed by atoms with E-state index < -0.39 is 29.6 Å². The van der Waals surface area contributed by atoms with Gasteiger partial charge in [-0.05, 0) is 35.4 Å². The summed E-state index contributed by atoms with van der Waals surface area (Å²) in [6, 6.07) is 25.9. The minimum atomic E-state index is -0.610. The van der Waals surface area contributed by atoms with Crippen LogP contribution in [0.5, 0.6) is 5.75 Å². The highest BCUT2D eigenvalue weighted by Crippen LogP contribution is 2.48. The van der Waals surface area contributed by atoms with E-state index in [-0.39, 0.29) is 11.8 Å². The van der Waals surface area contributed by atoms with E-state index in [1.807, 2.05) is 72.8 Å². The van der Waals surface area contributed by atoms with Crippen LogP contribution in [0.25, 0.3) is 0 Å². The molecule has 0 unspecified atom stereocenters. The number of amides is 3. The lowest BCUT2D eigenvalue weighted by Crippen LogP contribution is -2.46. The van der Waals surface area contributed by atoms with Gasteiger partial charge in [0, 0.05) is 17.4 Å². The Morgan fingerprint density at radius 2 is 1.21 bits per heavy atom. The number of allylic oxidation sites excluding steroid dienone is 2. The van der Waals surface area contributed by atoms with Gasteiger partial charge in [0.05, 0.1) is 18.9 Å². The standard InChI is InChI=1S/C28H24N2O4/c1-34-21-14-12-20(13-15-21)26(31)29-30-27(32)24-22(18-8-4-2-5-9-18)16-17-23(25(24)28(30)33)19-10-6-3-7-11-19/h2-17,22-25H,1H3,(H,29,31)/t22-,23-,24-,25+/m0/s1. The number of nitrogens with one attached hydrogen (secondary N) is 1. The molecular weight excluding hydrogens is 428 g/mol. The Labute approximate surface area is 197 Å². The second kappa shape index (κ2) is 8.98. The van der Waals surface area contributed by atoms with Gasteiger partial charge in [0.2, 0.25) is 0 Å². The Morgan fingerprint density at radius 1 is 0.735 bits per heavy atom. The van der Waals surface area contributed by atoms with Crippen molar-refractivity contribution < 1.29 is 19.1 Å². The van der Waals surface area contributed by atoms with Crippen molar-refractivity contribution in [3.8, 4) is 5.75 Å². The van der Waals surface area contributed by atoms with Crippen LogP contribution in [0.3, 0.4) is 0 Å². The molecule has 2 aliphatic rings. The third-order valence-corrected chi connectivity index (χ3v) is 6.63. The molecule has 1 aliphatic carbocycles. The van der Waals surface area contributed by atoms with Gasteiger partial charge in [-0.1, -0.05) is 72.8 Å². The first-order valence-electron chi connectivity index (χ1n) is 11.2. The number of fused-ring (bicyclic) bond motifs is 1. The molecule has 1 fully saturated rings. The molecular formula is C28H24N2O4. The van der Waals surface area contributed by atoms with Crippen LogP contribution in [0.15, 0.2) is 97.1 Å². The van der Waals surface area contributed by atoms with Gasteiger partial charge < -0.3 is 4.74 Å². The van der Waals surface area contributed by atoms with Gasteiger partial charge in [-0.3, -0.25) is 19.8 Å². The van der Waals surface area contributed by atoms with Crippen molar-refractivity contribution in [3.63, 3.8) is 0 Å². The monoisotopic (exact) mass is 452 g/mol. The maximum Gasteiger partial charge on any atom is 0.270 e. The van der Waals surface area contributed by atoms with E-state index in [0.717, 1.165) is 16.1 Å². The van der Waals surface area contributed by atoms with Crippen LogP contribution in [0.2, 0.25) is 0 Å². The van der Waals surface area contributed by atoms with Crippen molar-refractivity contribution in [3.05, 3.63) is 114 Å². The Bertz CT molecular complexity index is 1170. The Hall–Kier alpha value is -4.19. The largest absolute Gasteiger partial charge is 0.497 e. The average molecular weight is 453 g/mol. The number of carbonyl (C=O) groups is 3. The maximum atomic E-state index is 13.6. The third kappa shape index (κ3) is 3.77. The number of hydrogen-bond donors (Lipinski definition) is 1. The maximum absolute atomic E-state index is 13.6. The smallest absolute Gasteiger partial charge is 0.270 e. The molecule has 3 aromatic rings. The van der Waals surface area contributed by atoms with Crippen molar-refractivity contribution in [2.45, 2.75) is 11.8 Å². The summed E-state index contributed by atoms with van der Waals surface area (Å²) in [4.78, 5) is 40.1. The summed E-state index contributed by atoms with van der Waals surface area (Å²) in [5.41, 5.74) is 4.81. The van der Waals surface area contributed by atoms with Crippen LogP contribution in [-0.2, 0) is 9.59 Å². The van der Waals surface area contributed by atoms with Crippen molar-refractivity contribution in [1.82, 2.24) is 10.4 Å². The van der Waals surface area contributed by atoms with Crippen molar-refractivity contribution >= 4 is 17.7 Å². The lowest BCUT2D eigenvalue weighted by Gasteiger charge is -2.32. The van der Waals surface area contributed by atoms with Crippen LogP contribution < -0.4 is 10.2 Å².